The van der Waals surface area contributed by atoms with Gasteiger partial charge in [-0.15, -0.1) is 11.3 Å². The molecular weight excluding hydrogens is 344 g/mol. The van der Waals surface area contributed by atoms with Crippen molar-refractivity contribution < 1.29 is 13.2 Å². The van der Waals surface area contributed by atoms with Crippen LogP contribution in [0.4, 0.5) is 5.13 Å². The van der Waals surface area contributed by atoms with Crippen molar-refractivity contribution in [1.29, 1.82) is 0 Å². The molecule has 1 N–H and O–H groups in total. The molecule has 0 spiro atoms. The number of carbonyl (C=O) groups is 1. The molecule has 7 heteroatoms. The van der Waals surface area contributed by atoms with Gasteiger partial charge in [0.25, 0.3) is 5.91 Å². The molecule has 1 aromatic heterocycles. The van der Waals surface area contributed by atoms with Crippen LogP contribution in [0.2, 0.25) is 0 Å². The average Bonchev–Trinajstić information content (AvgIpc) is 2.96. The zero-order valence-electron chi connectivity index (χ0n) is 14.3. The molecule has 2 aromatic rings. The number of sulfone groups is 1. The fourth-order valence-corrected chi connectivity index (χ4v) is 4.62. The third kappa shape index (κ3) is 4.21. The summed E-state index contributed by atoms with van der Waals surface area (Å²) in [5.74, 6) is -0.442. The summed E-state index contributed by atoms with van der Waals surface area (Å²) < 4.78 is 24.7. The van der Waals surface area contributed by atoms with E-state index in [-0.39, 0.29) is 21.6 Å². The van der Waals surface area contributed by atoms with Gasteiger partial charge in [-0.1, -0.05) is 39.8 Å². The molecule has 2 rings (SSSR count). The molecule has 0 aliphatic carbocycles. The maximum Gasteiger partial charge on any atom is 0.258 e. The number of benzene rings is 1. The number of nitrogens with one attached hydrogen (secondary N) is 1. The average molecular weight is 367 g/mol. The second kappa shape index (κ2) is 7.03. The van der Waals surface area contributed by atoms with Gasteiger partial charge in [0.1, 0.15) is 0 Å². The lowest BCUT2D eigenvalue weighted by atomic mass is 9.93. The van der Waals surface area contributed by atoms with E-state index in [9.17, 15) is 13.2 Å². The topological polar surface area (TPSA) is 76.1 Å². The first-order chi connectivity index (χ1) is 11.1. The summed E-state index contributed by atoms with van der Waals surface area (Å²) in [6.07, 6.45) is 0.500. The summed E-state index contributed by atoms with van der Waals surface area (Å²) in [7, 11) is -3.47. The van der Waals surface area contributed by atoms with Gasteiger partial charge in [-0.2, -0.15) is 0 Å². The molecular formula is C17H22N2O3S2. The monoisotopic (exact) mass is 366 g/mol. The van der Waals surface area contributed by atoms with Crippen LogP contribution in [0.1, 0.15) is 50.2 Å². The molecule has 0 atom stereocenters. The van der Waals surface area contributed by atoms with Crippen LogP contribution in [0.25, 0.3) is 0 Å². The molecule has 0 radical (unpaired) electrons. The van der Waals surface area contributed by atoms with Gasteiger partial charge in [0.2, 0.25) is 0 Å². The quantitative estimate of drug-likeness (QED) is 0.871. The molecule has 1 aromatic carbocycles. The van der Waals surface area contributed by atoms with Crippen LogP contribution < -0.4 is 5.32 Å². The van der Waals surface area contributed by atoms with E-state index in [1.807, 2.05) is 26.2 Å². The summed E-state index contributed by atoms with van der Waals surface area (Å²) >= 11 is 1.33. The minimum absolute atomic E-state index is 0.0166. The Kier molecular flexibility index (Phi) is 5.45. The number of nitrogens with zero attached hydrogens (tertiary/aromatic N) is 1. The fraction of sp³-hybridized carbons (Fsp3) is 0.412. The summed E-state index contributed by atoms with van der Waals surface area (Å²) in [4.78, 5) is 17.0. The number of hydrogen-bond acceptors (Lipinski definition) is 5. The maximum atomic E-state index is 12.5. The van der Waals surface area contributed by atoms with Crippen LogP contribution in [0.5, 0.6) is 0 Å². The lowest BCUT2D eigenvalue weighted by Crippen LogP contribution is -2.18. The highest BCUT2D eigenvalue weighted by Gasteiger charge is 2.23. The number of thiazole rings is 1. The van der Waals surface area contributed by atoms with Crippen molar-refractivity contribution in [3.8, 4) is 0 Å². The smallest absolute Gasteiger partial charge is 0.258 e. The van der Waals surface area contributed by atoms with Crippen molar-refractivity contribution in [3.63, 3.8) is 0 Å². The third-order valence-electron chi connectivity index (χ3n) is 3.43. The second-order valence-electron chi connectivity index (χ2n) is 6.56. The first-order valence-electron chi connectivity index (χ1n) is 7.74. The van der Waals surface area contributed by atoms with Crippen molar-refractivity contribution in [2.75, 3.05) is 11.1 Å². The summed E-state index contributed by atoms with van der Waals surface area (Å²) in [5.41, 5.74) is 0.926. The molecule has 0 unspecified atom stereocenters. The molecule has 0 bridgehead atoms. The first-order valence-corrected chi connectivity index (χ1v) is 10.3. The van der Waals surface area contributed by atoms with Crippen LogP contribution in [0.15, 0.2) is 34.5 Å². The molecule has 0 aliphatic rings. The van der Waals surface area contributed by atoms with E-state index in [1.165, 1.54) is 23.5 Å². The van der Waals surface area contributed by atoms with E-state index in [2.05, 4.69) is 10.3 Å². The van der Waals surface area contributed by atoms with E-state index >= 15 is 0 Å². The van der Waals surface area contributed by atoms with Gasteiger partial charge in [-0.3, -0.25) is 10.1 Å². The van der Waals surface area contributed by atoms with Crippen LogP contribution in [0.3, 0.4) is 0 Å². The van der Waals surface area contributed by atoms with Gasteiger partial charge in [0, 0.05) is 10.8 Å². The Labute approximate surface area is 147 Å². The zero-order valence-corrected chi connectivity index (χ0v) is 15.9. The standard InChI is InChI=1S/C17H22N2O3S2/c1-5-10-24(21,22)13-9-7-6-8-12(13)15(20)19-16-18-14(11-23-16)17(2,3)4/h6-9,11H,5,10H2,1-4H3,(H,18,19,20). The van der Waals surface area contributed by atoms with E-state index in [0.717, 1.165) is 5.69 Å². The Morgan fingerprint density at radius 3 is 2.50 bits per heavy atom. The molecule has 1 amide bonds. The predicted octanol–water partition coefficient (Wildman–Crippen LogP) is 3.88. The molecule has 5 nitrogen and oxygen atoms in total. The Morgan fingerprint density at radius 2 is 1.92 bits per heavy atom. The highest BCUT2D eigenvalue weighted by atomic mass is 32.2. The van der Waals surface area contributed by atoms with Gasteiger partial charge in [0.05, 0.1) is 21.9 Å². The van der Waals surface area contributed by atoms with E-state index in [1.54, 1.807) is 19.1 Å². The molecule has 0 aliphatic heterocycles. The van der Waals surface area contributed by atoms with Gasteiger partial charge in [0.15, 0.2) is 15.0 Å². The molecule has 0 saturated carbocycles. The zero-order chi connectivity index (χ0) is 18.0. The summed E-state index contributed by atoms with van der Waals surface area (Å²) in [6.45, 7) is 7.92. The number of hydrogen-bond donors (Lipinski definition) is 1. The van der Waals surface area contributed by atoms with Crippen molar-refractivity contribution >= 4 is 32.2 Å². The number of rotatable bonds is 5. The highest BCUT2D eigenvalue weighted by Crippen LogP contribution is 2.27. The Hall–Kier alpha value is -1.73. The van der Waals surface area contributed by atoms with E-state index < -0.39 is 15.7 Å². The fourth-order valence-electron chi connectivity index (χ4n) is 2.14. The SMILES string of the molecule is CCCS(=O)(=O)c1ccccc1C(=O)Nc1nc(C(C)(C)C)cs1. The number of carbonyl (C=O) groups excluding carboxylic acids is 1. The third-order valence-corrected chi connectivity index (χ3v) is 6.16. The van der Waals surface area contributed by atoms with Crippen molar-refractivity contribution in [3.05, 3.63) is 40.9 Å². The highest BCUT2D eigenvalue weighted by molar-refractivity contribution is 7.91. The Balaban J connectivity index is 2.30. The lowest BCUT2D eigenvalue weighted by molar-refractivity contribution is 0.102. The molecule has 0 fully saturated rings. The number of aromatic nitrogens is 1. The van der Waals surface area contributed by atoms with Gasteiger partial charge in [-0.05, 0) is 18.6 Å². The minimum atomic E-state index is -3.47. The molecule has 1 heterocycles. The second-order valence-corrected chi connectivity index (χ2v) is 9.49. The number of amides is 1. The molecule has 24 heavy (non-hydrogen) atoms. The normalized spacial score (nSPS) is 12.2. The minimum Gasteiger partial charge on any atom is -0.298 e. The maximum absolute atomic E-state index is 12.5. The predicted molar refractivity (Wildman–Crippen MR) is 97.6 cm³/mol. The molecule has 130 valence electrons. The number of anilines is 1. The largest absolute Gasteiger partial charge is 0.298 e. The van der Waals surface area contributed by atoms with Crippen molar-refractivity contribution in [2.45, 2.75) is 44.4 Å². The summed E-state index contributed by atoms with van der Waals surface area (Å²) in [5, 5.41) is 5.07. The van der Waals surface area contributed by atoms with Gasteiger partial charge in [-0.25, -0.2) is 13.4 Å². The lowest BCUT2D eigenvalue weighted by Gasteiger charge is -2.14. The van der Waals surface area contributed by atoms with Crippen LogP contribution in [-0.2, 0) is 15.3 Å². The van der Waals surface area contributed by atoms with Crippen LogP contribution >= 0.6 is 11.3 Å². The van der Waals surface area contributed by atoms with Crippen molar-refractivity contribution in [2.24, 2.45) is 0 Å². The van der Waals surface area contributed by atoms with Crippen molar-refractivity contribution in [1.82, 2.24) is 4.98 Å². The van der Waals surface area contributed by atoms with E-state index in [4.69, 9.17) is 0 Å². The van der Waals surface area contributed by atoms with Gasteiger partial charge >= 0.3 is 0 Å². The van der Waals surface area contributed by atoms with Crippen LogP contribution in [-0.4, -0.2) is 25.1 Å². The van der Waals surface area contributed by atoms with Crippen LogP contribution in [0, 0.1) is 0 Å². The summed E-state index contributed by atoms with van der Waals surface area (Å²) in [6, 6.07) is 6.28. The van der Waals surface area contributed by atoms with E-state index in [0.29, 0.717) is 11.6 Å². The first kappa shape index (κ1) is 18.6. The van der Waals surface area contributed by atoms with Gasteiger partial charge < -0.3 is 0 Å². The molecule has 0 saturated heterocycles. The Bertz CT molecular complexity index is 834. The Morgan fingerprint density at radius 1 is 1.25 bits per heavy atom.